The van der Waals surface area contributed by atoms with Crippen molar-refractivity contribution >= 4 is 23.9 Å². The molecule has 168 valence electrons. The van der Waals surface area contributed by atoms with Crippen LogP contribution in [0.3, 0.4) is 0 Å². The van der Waals surface area contributed by atoms with Crippen molar-refractivity contribution in [1.29, 1.82) is 0 Å². The van der Waals surface area contributed by atoms with E-state index in [1.807, 2.05) is 6.07 Å². The van der Waals surface area contributed by atoms with Crippen molar-refractivity contribution in [3.8, 4) is 5.75 Å². The Labute approximate surface area is 181 Å². The van der Waals surface area contributed by atoms with Gasteiger partial charge in [0.2, 0.25) is 5.91 Å². The third-order valence-electron chi connectivity index (χ3n) is 4.78. The lowest BCUT2D eigenvalue weighted by molar-refractivity contribution is -0.134. The smallest absolute Gasteiger partial charge is 0.387 e. The van der Waals surface area contributed by atoms with E-state index in [0.717, 1.165) is 5.56 Å². The normalized spacial score (nSPS) is 17.8. The number of urea groups is 2. The zero-order valence-electron chi connectivity index (χ0n) is 16.9. The second-order valence-corrected chi connectivity index (χ2v) is 7.07. The minimum absolute atomic E-state index is 0.109. The highest BCUT2D eigenvalue weighted by molar-refractivity contribution is 6.10. The molecule has 32 heavy (non-hydrogen) atoms. The Morgan fingerprint density at radius 1 is 1.09 bits per heavy atom. The molecule has 1 aliphatic heterocycles. The molecule has 1 aliphatic rings. The second-order valence-electron chi connectivity index (χ2n) is 7.07. The predicted octanol–water partition coefficient (Wildman–Crippen LogP) is 2.08. The van der Waals surface area contributed by atoms with Gasteiger partial charge in [-0.1, -0.05) is 42.5 Å². The molecular formula is C21H20F2N4O5. The Morgan fingerprint density at radius 3 is 2.38 bits per heavy atom. The molecule has 0 spiro atoms. The van der Waals surface area contributed by atoms with E-state index < -0.39 is 42.6 Å². The molecule has 6 amide bonds. The van der Waals surface area contributed by atoms with Gasteiger partial charge in [-0.15, -0.1) is 0 Å². The molecular weight excluding hydrogens is 426 g/mol. The highest BCUT2D eigenvalue weighted by atomic mass is 19.3. The monoisotopic (exact) mass is 446 g/mol. The van der Waals surface area contributed by atoms with E-state index in [9.17, 15) is 28.0 Å². The van der Waals surface area contributed by atoms with Crippen LogP contribution in [-0.4, -0.2) is 41.9 Å². The molecule has 1 heterocycles. The molecule has 11 heteroatoms. The fourth-order valence-corrected chi connectivity index (χ4v) is 3.14. The number of ether oxygens (including phenoxy) is 1. The van der Waals surface area contributed by atoms with Crippen LogP contribution in [-0.2, 0) is 21.7 Å². The molecule has 3 N–H and O–H groups in total. The standard InChI is InChI=1S/C21H20F2N4O5/c1-21(14-7-9-15(10-8-14)32-18(22)23)17(29)27(20(31)26-21)12-16(28)25-19(30)24-11-13-5-3-2-4-6-13/h2-10,18H,11-12H2,1H3,(H,26,31)(H2,24,25,28,30)/t21-/m0/s1. The summed E-state index contributed by atoms with van der Waals surface area (Å²) in [6.07, 6.45) is 0. The Kier molecular flexibility index (Phi) is 6.67. The first kappa shape index (κ1) is 22.7. The van der Waals surface area contributed by atoms with Gasteiger partial charge < -0.3 is 15.4 Å². The SMILES string of the molecule is C[C@@]1(c2ccc(OC(F)F)cc2)NC(=O)N(CC(=O)NC(=O)NCc2ccccc2)C1=O. The first-order chi connectivity index (χ1) is 15.2. The number of benzene rings is 2. The van der Waals surface area contributed by atoms with Crippen LogP contribution in [0, 0.1) is 0 Å². The third-order valence-corrected chi connectivity index (χ3v) is 4.78. The summed E-state index contributed by atoms with van der Waals surface area (Å²) in [5.41, 5.74) is -0.387. The van der Waals surface area contributed by atoms with Crippen LogP contribution in [0.5, 0.6) is 5.75 Å². The summed E-state index contributed by atoms with van der Waals surface area (Å²) in [5, 5.41) is 7.04. The summed E-state index contributed by atoms with van der Waals surface area (Å²) < 4.78 is 28.9. The Morgan fingerprint density at radius 2 is 1.75 bits per heavy atom. The number of rotatable bonds is 7. The first-order valence-electron chi connectivity index (χ1n) is 9.50. The van der Waals surface area contributed by atoms with E-state index in [1.54, 1.807) is 24.3 Å². The number of carbonyl (C=O) groups is 4. The fraction of sp³-hybridized carbons (Fsp3) is 0.238. The lowest BCUT2D eigenvalue weighted by atomic mass is 9.92. The summed E-state index contributed by atoms with van der Waals surface area (Å²) in [6.45, 7) is -2.07. The van der Waals surface area contributed by atoms with Crippen molar-refractivity contribution in [2.75, 3.05) is 6.54 Å². The van der Waals surface area contributed by atoms with Gasteiger partial charge in [0, 0.05) is 6.54 Å². The fourth-order valence-electron chi connectivity index (χ4n) is 3.14. The molecule has 2 aromatic rings. The van der Waals surface area contributed by atoms with Crippen LogP contribution < -0.4 is 20.7 Å². The van der Waals surface area contributed by atoms with E-state index in [-0.39, 0.29) is 12.3 Å². The maximum Gasteiger partial charge on any atom is 0.387 e. The lowest BCUT2D eigenvalue weighted by Crippen LogP contribution is -2.46. The molecule has 0 bridgehead atoms. The second kappa shape index (κ2) is 9.41. The van der Waals surface area contributed by atoms with E-state index in [0.29, 0.717) is 10.5 Å². The summed E-state index contributed by atoms with van der Waals surface area (Å²) in [6, 6.07) is 12.6. The van der Waals surface area contributed by atoms with Crippen LogP contribution in [0.1, 0.15) is 18.1 Å². The summed E-state index contributed by atoms with van der Waals surface area (Å²) in [5.74, 6) is -1.70. The summed E-state index contributed by atoms with van der Waals surface area (Å²) >= 11 is 0. The van der Waals surface area contributed by atoms with Crippen LogP contribution >= 0.6 is 0 Å². The topological polar surface area (TPSA) is 117 Å². The number of halogens is 2. The minimum Gasteiger partial charge on any atom is -0.435 e. The van der Waals surface area contributed by atoms with Crippen molar-refractivity contribution < 1.29 is 32.7 Å². The molecule has 1 atom stereocenters. The number of nitrogens with one attached hydrogen (secondary N) is 3. The average Bonchev–Trinajstić information content (AvgIpc) is 2.97. The van der Waals surface area contributed by atoms with Crippen LogP contribution in [0.15, 0.2) is 54.6 Å². The van der Waals surface area contributed by atoms with Crippen molar-refractivity contribution in [2.45, 2.75) is 25.6 Å². The molecule has 1 fully saturated rings. The number of hydrogen-bond acceptors (Lipinski definition) is 5. The number of nitrogens with zero attached hydrogens (tertiary/aromatic N) is 1. The predicted molar refractivity (Wildman–Crippen MR) is 107 cm³/mol. The van der Waals surface area contributed by atoms with Gasteiger partial charge in [0.1, 0.15) is 17.8 Å². The first-order valence-corrected chi connectivity index (χ1v) is 9.50. The molecule has 0 radical (unpaired) electrons. The average molecular weight is 446 g/mol. The molecule has 0 aliphatic carbocycles. The van der Waals surface area contributed by atoms with Gasteiger partial charge >= 0.3 is 18.7 Å². The quantitative estimate of drug-likeness (QED) is 0.563. The van der Waals surface area contributed by atoms with E-state index >= 15 is 0 Å². The molecule has 2 aromatic carbocycles. The maximum atomic E-state index is 12.8. The van der Waals surface area contributed by atoms with Gasteiger partial charge in [-0.2, -0.15) is 8.78 Å². The number of alkyl halides is 2. The Balaban J connectivity index is 1.59. The van der Waals surface area contributed by atoms with Gasteiger partial charge in [0.15, 0.2) is 0 Å². The summed E-state index contributed by atoms with van der Waals surface area (Å²) in [7, 11) is 0. The number of carbonyl (C=O) groups excluding carboxylic acids is 4. The highest BCUT2D eigenvalue weighted by Gasteiger charge is 2.49. The van der Waals surface area contributed by atoms with Crippen LogP contribution in [0.25, 0.3) is 0 Å². The van der Waals surface area contributed by atoms with Crippen LogP contribution in [0.4, 0.5) is 18.4 Å². The zero-order chi connectivity index (χ0) is 23.3. The molecule has 0 aromatic heterocycles. The van der Waals surface area contributed by atoms with Crippen molar-refractivity contribution in [2.24, 2.45) is 0 Å². The van der Waals surface area contributed by atoms with E-state index in [4.69, 9.17) is 0 Å². The van der Waals surface area contributed by atoms with E-state index in [2.05, 4.69) is 20.7 Å². The van der Waals surface area contributed by atoms with Crippen LogP contribution in [0.2, 0.25) is 0 Å². The third kappa shape index (κ3) is 5.17. The molecule has 3 rings (SSSR count). The molecule has 0 unspecified atom stereocenters. The highest BCUT2D eigenvalue weighted by Crippen LogP contribution is 2.30. The molecule has 9 nitrogen and oxygen atoms in total. The zero-order valence-corrected chi connectivity index (χ0v) is 16.9. The Bertz CT molecular complexity index is 1020. The molecule has 0 saturated carbocycles. The Hall–Kier alpha value is -4.02. The maximum absolute atomic E-state index is 12.8. The number of hydrogen-bond donors (Lipinski definition) is 3. The largest absolute Gasteiger partial charge is 0.435 e. The van der Waals surface area contributed by atoms with Gasteiger partial charge in [-0.25, -0.2) is 9.59 Å². The van der Waals surface area contributed by atoms with E-state index in [1.165, 1.54) is 31.2 Å². The van der Waals surface area contributed by atoms with Gasteiger partial charge in [0.25, 0.3) is 5.91 Å². The van der Waals surface area contributed by atoms with Gasteiger partial charge in [-0.05, 0) is 30.2 Å². The van der Waals surface area contributed by atoms with Gasteiger partial charge in [0.05, 0.1) is 0 Å². The number of imide groups is 2. The lowest BCUT2D eigenvalue weighted by Gasteiger charge is -2.22. The van der Waals surface area contributed by atoms with Crippen molar-refractivity contribution in [1.82, 2.24) is 20.9 Å². The van der Waals surface area contributed by atoms with Crippen molar-refractivity contribution in [3.63, 3.8) is 0 Å². The van der Waals surface area contributed by atoms with Gasteiger partial charge in [-0.3, -0.25) is 19.8 Å². The molecule has 1 saturated heterocycles. The summed E-state index contributed by atoms with van der Waals surface area (Å²) in [4.78, 5) is 49.9. The van der Waals surface area contributed by atoms with Crippen molar-refractivity contribution in [3.05, 3.63) is 65.7 Å². The minimum atomic E-state index is -3.00. The number of amides is 6.